The van der Waals surface area contributed by atoms with Crippen molar-refractivity contribution in [3.8, 4) is 16.9 Å². The standard InChI is InChI=1S/C21H21NO4/c1-25-21(24)18-11-13-22(15-18)14-12-20(23)26-19-9-7-17(8-10-19)16-5-3-2-4-6-16/h2-10,12,14,18H,11,13,15H2,1H3/b14-12+. The first kappa shape index (κ1) is 17.7. The van der Waals surface area contributed by atoms with Crippen LogP contribution in [0, 0.1) is 5.92 Å². The molecule has 1 heterocycles. The van der Waals surface area contributed by atoms with Gasteiger partial charge >= 0.3 is 11.9 Å². The molecule has 0 spiro atoms. The molecule has 2 aromatic carbocycles. The number of benzene rings is 2. The van der Waals surface area contributed by atoms with E-state index in [9.17, 15) is 9.59 Å². The van der Waals surface area contributed by atoms with Crippen LogP contribution in [-0.4, -0.2) is 37.0 Å². The van der Waals surface area contributed by atoms with Gasteiger partial charge in [-0.2, -0.15) is 0 Å². The van der Waals surface area contributed by atoms with E-state index < -0.39 is 5.97 Å². The monoisotopic (exact) mass is 351 g/mol. The number of ether oxygens (including phenoxy) is 2. The van der Waals surface area contributed by atoms with Crippen LogP contribution >= 0.6 is 0 Å². The first-order valence-corrected chi connectivity index (χ1v) is 8.53. The van der Waals surface area contributed by atoms with Crippen LogP contribution in [0.15, 0.2) is 66.9 Å². The highest BCUT2D eigenvalue weighted by molar-refractivity contribution is 5.84. The average Bonchev–Trinajstić information content (AvgIpc) is 3.16. The largest absolute Gasteiger partial charge is 0.469 e. The van der Waals surface area contributed by atoms with Crippen molar-refractivity contribution in [2.45, 2.75) is 6.42 Å². The fraction of sp³-hybridized carbons (Fsp3) is 0.238. The molecule has 0 aromatic heterocycles. The van der Waals surface area contributed by atoms with Crippen molar-refractivity contribution < 1.29 is 19.1 Å². The number of hydrogen-bond acceptors (Lipinski definition) is 5. The molecule has 1 atom stereocenters. The molecule has 134 valence electrons. The van der Waals surface area contributed by atoms with Crippen molar-refractivity contribution in [1.82, 2.24) is 4.90 Å². The first-order valence-electron chi connectivity index (χ1n) is 8.53. The van der Waals surface area contributed by atoms with Gasteiger partial charge in [0, 0.05) is 25.4 Å². The van der Waals surface area contributed by atoms with E-state index in [4.69, 9.17) is 9.47 Å². The maximum absolute atomic E-state index is 12.0. The average molecular weight is 351 g/mol. The quantitative estimate of drug-likeness (QED) is 0.470. The zero-order valence-corrected chi connectivity index (χ0v) is 14.6. The van der Waals surface area contributed by atoms with Gasteiger partial charge in [0.25, 0.3) is 0 Å². The lowest BCUT2D eigenvalue weighted by molar-refractivity contribution is -0.144. The third-order valence-electron chi connectivity index (χ3n) is 4.36. The van der Waals surface area contributed by atoms with Gasteiger partial charge in [-0.05, 0) is 29.7 Å². The van der Waals surface area contributed by atoms with Crippen LogP contribution in [-0.2, 0) is 14.3 Å². The predicted octanol–water partition coefficient (Wildman–Crippen LogP) is 3.27. The van der Waals surface area contributed by atoms with Gasteiger partial charge in [-0.3, -0.25) is 4.79 Å². The summed E-state index contributed by atoms with van der Waals surface area (Å²) in [4.78, 5) is 25.4. The number of hydrogen-bond donors (Lipinski definition) is 0. The van der Waals surface area contributed by atoms with Crippen LogP contribution in [0.1, 0.15) is 6.42 Å². The number of carbonyl (C=O) groups is 2. The van der Waals surface area contributed by atoms with E-state index in [0.717, 1.165) is 24.1 Å². The smallest absolute Gasteiger partial charge is 0.337 e. The van der Waals surface area contributed by atoms with Crippen LogP contribution < -0.4 is 4.74 Å². The van der Waals surface area contributed by atoms with Crippen LogP contribution in [0.2, 0.25) is 0 Å². The van der Waals surface area contributed by atoms with Gasteiger partial charge in [0.1, 0.15) is 5.75 Å². The number of esters is 2. The molecule has 5 nitrogen and oxygen atoms in total. The van der Waals surface area contributed by atoms with Gasteiger partial charge in [0.05, 0.1) is 13.0 Å². The van der Waals surface area contributed by atoms with Gasteiger partial charge < -0.3 is 14.4 Å². The molecular weight excluding hydrogens is 330 g/mol. The number of carbonyl (C=O) groups excluding carboxylic acids is 2. The van der Waals surface area contributed by atoms with E-state index in [2.05, 4.69) is 0 Å². The molecule has 26 heavy (non-hydrogen) atoms. The summed E-state index contributed by atoms with van der Waals surface area (Å²) in [6.07, 6.45) is 3.78. The molecule has 0 radical (unpaired) electrons. The summed E-state index contributed by atoms with van der Waals surface area (Å²) in [5.74, 6) is -0.291. The normalized spacial score (nSPS) is 16.7. The maximum Gasteiger partial charge on any atom is 0.337 e. The van der Waals surface area contributed by atoms with Crippen molar-refractivity contribution in [2.24, 2.45) is 5.92 Å². The fourth-order valence-electron chi connectivity index (χ4n) is 2.94. The van der Waals surface area contributed by atoms with E-state index in [1.54, 1.807) is 18.3 Å². The number of methoxy groups -OCH3 is 1. The highest BCUT2D eigenvalue weighted by Crippen LogP contribution is 2.22. The molecule has 0 aliphatic carbocycles. The maximum atomic E-state index is 12.0. The molecule has 0 bridgehead atoms. The lowest BCUT2D eigenvalue weighted by Gasteiger charge is -2.11. The van der Waals surface area contributed by atoms with Gasteiger partial charge in [-0.25, -0.2) is 4.79 Å². The Hall–Kier alpha value is -3.08. The van der Waals surface area contributed by atoms with Gasteiger partial charge in [0.2, 0.25) is 0 Å². The first-order chi connectivity index (χ1) is 12.7. The lowest BCUT2D eigenvalue weighted by Crippen LogP contribution is -2.20. The summed E-state index contributed by atoms with van der Waals surface area (Å²) >= 11 is 0. The topological polar surface area (TPSA) is 55.8 Å². The zero-order chi connectivity index (χ0) is 18.4. The molecule has 1 aliphatic rings. The minimum Gasteiger partial charge on any atom is -0.469 e. The summed E-state index contributed by atoms with van der Waals surface area (Å²) in [5.41, 5.74) is 2.17. The number of likely N-dealkylation sites (tertiary alicyclic amines) is 1. The fourth-order valence-corrected chi connectivity index (χ4v) is 2.94. The van der Waals surface area contributed by atoms with Crippen LogP contribution in [0.4, 0.5) is 0 Å². The molecule has 0 N–H and O–H groups in total. The lowest BCUT2D eigenvalue weighted by atomic mass is 10.1. The van der Waals surface area contributed by atoms with E-state index in [-0.39, 0.29) is 11.9 Å². The highest BCUT2D eigenvalue weighted by Gasteiger charge is 2.27. The van der Waals surface area contributed by atoms with E-state index in [1.165, 1.54) is 13.2 Å². The van der Waals surface area contributed by atoms with Crippen LogP contribution in [0.5, 0.6) is 5.75 Å². The minimum atomic E-state index is -0.445. The van der Waals surface area contributed by atoms with Gasteiger partial charge in [-0.1, -0.05) is 42.5 Å². The second-order valence-corrected chi connectivity index (χ2v) is 6.13. The molecule has 3 rings (SSSR count). The molecule has 1 aliphatic heterocycles. The Morgan fingerprint density at radius 3 is 2.42 bits per heavy atom. The molecule has 0 saturated carbocycles. The third-order valence-corrected chi connectivity index (χ3v) is 4.36. The summed E-state index contributed by atoms with van der Waals surface area (Å²) in [6.45, 7) is 1.28. The molecule has 1 unspecified atom stereocenters. The molecule has 5 heteroatoms. The van der Waals surface area contributed by atoms with Crippen molar-refractivity contribution >= 4 is 11.9 Å². The van der Waals surface area contributed by atoms with E-state index in [0.29, 0.717) is 12.3 Å². The Bertz CT molecular complexity index is 783. The second-order valence-electron chi connectivity index (χ2n) is 6.13. The third kappa shape index (κ3) is 4.51. The Balaban J connectivity index is 1.53. The Morgan fingerprint density at radius 1 is 1.04 bits per heavy atom. The van der Waals surface area contributed by atoms with Gasteiger partial charge in [-0.15, -0.1) is 0 Å². The van der Waals surface area contributed by atoms with Gasteiger partial charge in [0.15, 0.2) is 0 Å². The molecule has 0 amide bonds. The Labute approximate surface area is 152 Å². The molecule has 2 aromatic rings. The molecule has 1 fully saturated rings. The predicted molar refractivity (Wildman–Crippen MR) is 98.3 cm³/mol. The summed E-state index contributed by atoms with van der Waals surface area (Å²) < 4.78 is 10.1. The van der Waals surface area contributed by atoms with Crippen molar-refractivity contribution in [1.29, 1.82) is 0 Å². The minimum absolute atomic E-state index is 0.133. The summed E-state index contributed by atoms with van der Waals surface area (Å²) in [7, 11) is 1.39. The molecule has 1 saturated heterocycles. The van der Waals surface area contributed by atoms with Crippen molar-refractivity contribution in [2.75, 3.05) is 20.2 Å². The second kappa shape index (κ2) is 8.34. The van der Waals surface area contributed by atoms with E-state index >= 15 is 0 Å². The van der Waals surface area contributed by atoms with Crippen molar-refractivity contribution in [3.63, 3.8) is 0 Å². The summed E-state index contributed by atoms with van der Waals surface area (Å²) in [5, 5.41) is 0. The Kier molecular flexibility index (Phi) is 5.69. The number of nitrogens with zero attached hydrogens (tertiary/aromatic N) is 1. The van der Waals surface area contributed by atoms with Crippen LogP contribution in [0.25, 0.3) is 11.1 Å². The van der Waals surface area contributed by atoms with Crippen LogP contribution in [0.3, 0.4) is 0 Å². The van der Waals surface area contributed by atoms with Crippen molar-refractivity contribution in [3.05, 3.63) is 66.9 Å². The molecular formula is C21H21NO4. The SMILES string of the molecule is COC(=O)C1CCN(/C=C/C(=O)Oc2ccc(-c3ccccc3)cc2)C1. The summed E-state index contributed by atoms with van der Waals surface area (Å²) in [6, 6.07) is 17.4. The zero-order valence-electron chi connectivity index (χ0n) is 14.6. The number of rotatable bonds is 5. The van der Waals surface area contributed by atoms with E-state index in [1.807, 2.05) is 47.4 Å². The highest BCUT2D eigenvalue weighted by atomic mass is 16.5. The Morgan fingerprint density at radius 2 is 1.73 bits per heavy atom.